The smallest absolute Gasteiger partial charge is 0.391 e. The molecule has 5 rings (SSSR count). The molecule has 2 aliphatic rings. The summed E-state index contributed by atoms with van der Waals surface area (Å²) in [5, 5.41) is 8.34. The number of likely N-dealkylation sites (tertiary alicyclic amines) is 1. The molecule has 0 bridgehead atoms. The standard InChI is InChI=1S/C21H21F4N5O3S2/c22-14-10-13-16(30-6-2-12(21(23,24)25)9-17(30)15-1-4-27-28-15)3-7-33-18(13)11-19(14)35(31,32)29-20-26-5-8-34-20/h1,4-5,8,10-12,16-17H,2-3,6-7,9H2,(H,26,29)(H,27,28)/t12-,16+,17?/m0/s1. The number of aromatic amines is 1. The minimum atomic E-state index is -4.32. The molecule has 8 nitrogen and oxygen atoms in total. The van der Waals surface area contributed by atoms with Crippen LogP contribution in [0.4, 0.5) is 22.7 Å². The SMILES string of the molecule is O=S(=O)(Nc1nccs1)c1cc2c(cc1F)[C@H](N1CC[C@H](C(F)(F)F)CC1c1ccn[nH]1)CCO2. The van der Waals surface area contributed by atoms with Gasteiger partial charge in [-0.2, -0.15) is 18.3 Å². The molecule has 1 saturated heterocycles. The third-order valence-electron chi connectivity index (χ3n) is 6.40. The molecule has 1 fully saturated rings. The molecule has 3 aromatic rings. The zero-order valence-electron chi connectivity index (χ0n) is 18.1. The van der Waals surface area contributed by atoms with Crippen molar-refractivity contribution in [3.8, 4) is 5.75 Å². The molecule has 14 heteroatoms. The van der Waals surface area contributed by atoms with Crippen LogP contribution in [-0.4, -0.2) is 47.8 Å². The minimum Gasteiger partial charge on any atom is -0.493 e. The number of fused-ring (bicyclic) bond motifs is 1. The van der Waals surface area contributed by atoms with Gasteiger partial charge in [-0.05, 0) is 25.0 Å². The topological polar surface area (TPSA) is 100 Å². The molecular formula is C21H21F4N5O3S2. The lowest BCUT2D eigenvalue weighted by atomic mass is 9.85. The van der Waals surface area contributed by atoms with E-state index in [1.165, 1.54) is 12.4 Å². The van der Waals surface area contributed by atoms with Gasteiger partial charge in [0.25, 0.3) is 10.0 Å². The second-order valence-corrected chi connectivity index (χ2v) is 11.0. The summed E-state index contributed by atoms with van der Waals surface area (Å²) in [6, 6.07) is 2.79. The van der Waals surface area contributed by atoms with E-state index in [4.69, 9.17) is 4.74 Å². The maximum absolute atomic E-state index is 15.2. The fraction of sp³-hybridized carbons (Fsp3) is 0.429. The highest BCUT2D eigenvalue weighted by atomic mass is 32.2. The van der Waals surface area contributed by atoms with Crippen LogP contribution in [0, 0.1) is 11.7 Å². The van der Waals surface area contributed by atoms with Crippen molar-refractivity contribution >= 4 is 26.5 Å². The molecule has 2 aromatic heterocycles. The van der Waals surface area contributed by atoms with Crippen molar-refractivity contribution in [1.29, 1.82) is 0 Å². The van der Waals surface area contributed by atoms with Crippen LogP contribution in [0.2, 0.25) is 0 Å². The first kappa shape index (κ1) is 24.0. The van der Waals surface area contributed by atoms with E-state index in [1.807, 2.05) is 4.90 Å². The first-order chi connectivity index (χ1) is 16.6. The second-order valence-electron chi connectivity index (χ2n) is 8.44. The number of nitrogens with one attached hydrogen (secondary N) is 2. The molecule has 35 heavy (non-hydrogen) atoms. The summed E-state index contributed by atoms with van der Waals surface area (Å²) >= 11 is 1.05. The van der Waals surface area contributed by atoms with Gasteiger partial charge in [-0.25, -0.2) is 17.8 Å². The number of ether oxygens (including phenoxy) is 1. The minimum absolute atomic E-state index is 0.0898. The van der Waals surface area contributed by atoms with Crippen LogP contribution in [0.15, 0.2) is 40.9 Å². The molecule has 0 saturated carbocycles. The Morgan fingerprint density at radius 1 is 1.20 bits per heavy atom. The number of anilines is 1. The number of aromatic nitrogens is 3. The molecule has 2 N–H and O–H groups in total. The highest BCUT2D eigenvalue weighted by Crippen LogP contribution is 2.48. The predicted octanol–water partition coefficient (Wildman–Crippen LogP) is 4.65. The average Bonchev–Trinajstić information content (AvgIpc) is 3.51. The average molecular weight is 532 g/mol. The Morgan fingerprint density at radius 2 is 2.03 bits per heavy atom. The summed E-state index contributed by atoms with van der Waals surface area (Å²) in [5.41, 5.74) is 0.941. The van der Waals surface area contributed by atoms with Crippen LogP contribution >= 0.6 is 11.3 Å². The lowest BCUT2D eigenvalue weighted by Gasteiger charge is -2.45. The molecule has 188 valence electrons. The van der Waals surface area contributed by atoms with E-state index in [0.717, 1.165) is 23.5 Å². The highest BCUT2D eigenvalue weighted by molar-refractivity contribution is 7.93. The molecule has 0 radical (unpaired) electrons. The number of hydrogen-bond donors (Lipinski definition) is 2. The van der Waals surface area contributed by atoms with Gasteiger partial charge in [0.2, 0.25) is 0 Å². The molecule has 2 aliphatic heterocycles. The summed E-state index contributed by atoms with van der Waals surface area (Å²) in [6.07, 6.45) is -1.26. The maximum atomic E-state index is 15.2. The fourth-order valence-electron chi connectivity index (χ4n) is 4.78. The number of rotatable bonds is 5. The maximum Gasteiger partial charge on any atom is 0.391 e. The van der Waals surface area contributed by atoms with E-state index < -0.39 is 44.9 Å². The van der Waals surface area contributed by atoms with Crippen molar-refractivity contribution in [2.24, 2.45) is 5.92 Å². The van der Waals surface area contributed by atoms with Crippen LogP contribution in [0.1, 0.15) is 42.6 Å². The number of hydrogen-bond acceptors (Lipinski definition) is 7. The Hall–Kier alpha value is -2.71. The van der Waals surface area contributed by atoms with Gasteiger partial charge in [-0.1, -0.05) is 0 Å². The van der Waals surface area contributed by atoms with Crippen molar-refractivity contribution in [3.63, 3.8) is 0 Å². The van der Waals surface area contributed by atoms with E-state index in [2.05, 4.69) is 19.9 Å². The number of thiazole rings is 1. The van der Waals surface area contributed by atoms with Crippen LogP contribution < -0.4 is 9.46 Å². The number of alkyl halides is 3. The first-order valence-corrected chi connectivity index (χ1v) is 13.2. The fourth-order valence-corrected chi connectivity index (χ4v) is 6.64. The number of sulfonamides is 1. The van der Waals surface area contributed by atoms with Gasteiger partial charge in [0.05, 0.1) is 24.3 Å². The lowest BCUT2D eigenvalue weighted by molar-refractivity contribution is -0.192. The van der Waals surface area contributed by atoms with E-state index >= 15 is 4.39 Å². The number of halogens is 4. The summed E-state index contributed by atoms with van der Waals surface area (Å²) in [7, 11) is -4.27. The molecule has 0 amide bonds. The van der Waals surface area contributed by atoms with Crippen molar-refractivity contribution in [2.75, 3.05) is 17.9 Å². The first-order valence-electron chi connectivity index (χ1n) is 10.8. The Labute approximate surface area is 202 Å². The number of piperidine rings is 1. The molecule has 4 heterocycles. The van der Waals surface area contributed by atoms with Crippen molar-refractivity contribution in [3.05, 3.63) is 53.0 Å². The molecule has 1 aromatic carbocycles. The summed E-state index contributed by atoms with van der Waals surface area (Å²) in [6.45, 7) is 0.336. The van der Waals surface area contributed by atoms with Crippen LogP contribution in [0.3, 0.4) is 0 Å². The number of benzene rings is 1. The van der Waals surface area contributed by atoms with Gasteiger partial charge < -0.3 is 4.74 Å². The van der Waals surface area contributed by atoms with Crippen molar-refractivity contribution in [2.45, 2.75) is 42.4 Å². The zero-order valence-corrected chi connectivity index (χ0v) is 19.8. The number of H-pyrrole nitrogens is 1. The predicted molar refractivity (Wildman–Crippen MR) is 119 cm³/mol. The van der Waals surface area contributed by atoms with E-state index in [-0.39, 0.29) is 36.9 Å². The quantitative estimate of drug-likeness (QED) is 0.465. The normalized spacial score (nSPS) is 23.5. The largest absolute Gasteiger partial charge is 0.493 e. The van der Waals surface area contributed by atoms with Crippen LogP contribution in [-0.2, 0) is 10.0 Å². The second kappa shape index (κ2) is 9.06. The Balaban J connectivity index is 1.48. The van der Waals surface area contributed by atoms with E-state index in [9.17, 15) is 21.6 Å². The molecule has 0 aliphatic carbocycles. The van der Waals surface area contributed by atoms with Gasteiger partial charge in [0.1, 0.15) is 16.5 Å². The van der Waals surface area contributed by atoms with Gasteiger partial charge in [0.15, 0.2) is 5.13 Å². The Bertz CT molecular complexity index is 1280. The molecular weight excluding hydrogens is 510 g/mol. The van der Waals surface area contributed by atoms with Gasteiger partial charge in [0, 0.05) is 48.4 Å². The highest BCUT2D eigenvalue weighted by Gasteiger charge is 2.47. The zero-order chi connectivity index (χ0) is 24.8. The van der Waals surface area contributed by atoms with E-state index in [0.29, 0.717) is 17.7 Å². The third kappa shape index (κ3) is 4.74. The lowest BCUT2D eigenvalue weighted by Crippen LogP contribution is -2.44. The van der Waals surface area contributed by atoms with E-state index in [1.54, 1.807) is 11.4 Å². The van der Waals surface area contributed by atoms with Crippen molar-refractivity contribution in [1.82, 2.24) is 20.1 Å². The molecule has 1 unspecified atom stereocenters. The van der Waals surface area contributed by atoms with Gasteiger partial charge >= 0.3 is 6.18 Å². The third-order valence-corrected chi connectivity index (χ3v) is 8.58. The van der Waals surface area contributed by atoms with Crippen molar-refractivity contribution < 1.29 is 30.7 Å². The summed E-state index contributed by atoms with van der Waals surface area (Å²) in [5.74, 6) is -2.26. The Morgan fingerprint density at radius 3 is 2.71 bits per heavy atom. The summed E-state index contributed by atoms with van der Waals surface area (Å²) < 4.78 is 89.2. The molecule has 0 spiro atoms. The van der Waals surface area contributed by atoms with Gasteiger partial charge in [-0.3, -0.25) is 14.7 Å². The number of nitrogens with zero attached hydrogens (tertiary/aromatic N) is 3. The monoisotopic (exact) mass is 531 g/mol. The molecule has 3 atom stereocenters. The Kier molecular flexibility index (Phi) is 6.21. The van der Waals surface area contributed by atoms with Gasteiger partial charge in [-0.15, -0.1) is 11.3 Å². The summed E-state index contributed by atoms with van der Waals surface area (Å²) in [4.78, 5) is 5.16. The van der Waals surface area contributed by atoms with Crippen LogP contribution in [0.5, 0.6) is 5.75 Å². The van der Waals surface area contributed by atoms with Crippen LogP contribution in [0.25, 0.3) is 0 Å².